The largest absolute Gasteiger partial charge is 0.309 e. The first kappa shape index (κ1) is 17.7. The summed E-state index contributed by atoms with van der Waals surface area (Å²) in [6, 6.07) is 18.7. The summed E-state index contributed by atoms with van der Waals surface area (Å²) in [5, 5.41) is 4.38. The van der Waals surface area contributed by atoms with Crippen LogP contribution < -0.4 is 5.32 Å². The van der Waals surface area contributed by atoms with Gasteiger partial charge in [0.05, 0.1) is 17.3 Å². The highest BCUT2D eigenvalue weighted by atomic mass is 15.2. The molecular weight excluding hydrogens is 360 g/mol. The number of nitrogens with zero attached hydrogens (tertiary/aromatic N) is 5. The Morgan fingerprint density at radius 1 is 0.931 bits per heavy atom. The van der Waals surface area contributed by atoms with Crippen molar-refractivity contribution in [2.24, 2.45) is 0 Å². The van der Waals surface area contributed by atoms with Crippen molar-refractivity contribution < 1.29 is 0 Å². The van der Waals surface area contributed by atoms with Crippen LogP contribution in [0, 0.1) is 0 Å². The number of aromatic nitrogens is 4. The van der Waals surface area contributed by atoms with Gasteiger partial charge in [-0.15, -0.1) is 0 Å². The molecule has 1 saturated heterocycles. The van der Waals surface area contributed by atoms with E-state index in [1.165, 1.54) is 17.4 Å². The Morgan fingerprint density at radius 2 is 1.90 bits per heavy atom. The molecule has 4 aromatic rings. The van der Waals surface area contributed by atoms with Crippen LogP contribution in [0.15, 0.2) is 73.2 Å². The van der Waals surface area contributed by atoms with Gasteiger partial charge < -0.3 is 5.32 Å². The second-order valence-electron chi connectivity index (χ2n) is 7.30. The van der Waals surface area contributed by atoms with E-state index >= 15 is 0 Å². The molecule has 144 valence electrons. The van der Waals surface area contributed by atoms with Crippen molar-refractivity contribution in [1.29, 1.82) is 0 Å². The highest BCUT2D eigenvalue weighted by Crippen LogP contribution is 2.32. The monoisotopic (exact) mass is 382 g/mol. The molecule has 1 atom stereocenters. The van der Waals surface area contributed by atoms with E-state index in [1.54, 1.807) is 6.20 Å². The van der Waals surface area contributed by atoms with Gasteiger partial charge in [0.2, 0.25) is 5.95 Å². The van der Waals surface area contributed by atoms with Gasteiger partial charge in [-0.25, -0.2) is 15.0 Å². The van der Waals surface area contributed by atoms with Gasteiger partial charge in [-0.1, -0.05) is 18.2 Å². The lowest BCUT2D eigenvalue weighted by atomic mass is 10.1. The molecule has 0 unspecified atom stereocenters. The first-order chi connectivity index (χ1) is 14.3. The quantitative estimate of drug-likeness (QED) is 0.548. The Morgan fingerprint density at radius 3 is 2.83 bits per heavy atom. The molecule has 0 radical (unpaired) electrons. The summed E-state index contributed by atoms with van der Waals surface area (Å²) >= 11 is 0. The number of pyridine rings is 2. The average molecular weight is 382 g/mol. The molecule has 1 aliphatic heterocycles. The van der Waals surface area contributed by atoms with Gasteiger partial charge in [0.1, 0.15) is 5.82 Å². The van der Waals surface area contributed by atoms with Crippen LogP contribution in [0.3, 0.4) is 0 Å². The molecule has 1 fully saturated rings. The molecule has 0 bridgehead atoms. The van der Waals surface area contributed by atoms with E-state index in [0.717, 1.165) is 36.5 Å². The lowest BCUT2D eigenvalue weighted by Crippen LogP contribution is -2.23. The van der Waals surface area contributed by atoms with Gasteiger partial charge in [0.25, 0.3) is 0 Å². The van der Waals surface area contributed by atoms with E-state index in [-0.39, 0.29) is 0 Å². The van der Waals surface area contributed by atoms with Crippen LogP contribution in [0.25, 0.3) is 10.9 Å². The third kappa shape index (κ3) is 3.93. The summed E-state index contributed by atoms with van der Waals surface area (Å²) in [7, 11) is 0. The standard InChI is InChI=1S/C23H22N6/c1-2-11-25-22(7-1)28-23-26-13-10-20(27-23)21-6-4-14-29(21)16-17-8-9-19-18(15-17)5-3-12-24-19/h1-3,5,7-13,15,21H,4,6,14,16H2,(H,25,26,27,28)/t21-/m0/s1. The van der Waals surface area contributed by atoms with Crippen molar-refractivity contribution >= 4 is 22.7 Å². The van der Waals surface area contributed by atoms with Crippen LogP contribution in [0.1, 0.15) is 30.1 Å². The van der Waals surface area contributed by atoms with Crippen LogP contribution in [0.5, 0.6) is 0 Å². The zero-order valence-corrected chi connectivity index (χ0v) is 16.1. The highest BCUT2D eigenvalue weighted by molar-refractivity contribution is 5.78. The second kappa shape index (κ2) is 7.93. The number of hydrogen-bond acceptors (Lipinski definition) is 6. The number of rotatable bonds is 5. The Hall–Kier alpha value is -3.38. The highest BCUT2D eigenvalue weighted by Gasteiger charge is 2.27. The van der Waals surface area contributed by atoms with Gasteiger partial charge in [-0.05, 0) is 61.3 Å². The van der Waals surface area contributed by atoms with Crippen LogP contribution in [0.2, 0.25) is 0 Å². The molecule has 1 aromatic carbocycles. The molecular formula is C23H22N6. The molecule has 6 nitrogen and oxygen atoms in total. The lowest BCUT2D eigenvalue weighted by Gasteiger charge is -2.24. The normalized spacial score (nSPS) is 16.9. The third-order valence-electron chi connectivity index (χ3n) is 5.34. The first-order valence-corrected chi connectivity index (χ1v) is 9.94. The van der Waals surface area contributed by atoms with E-state index < -0.39 is 0 Å². The third-order valence-corrected chi connectivity index (χ3v) is 5.34. The Balaban J connectivity index is 1.35. The maximum absolute atomic E-state index is 4.78. The van der Waals surface area contributed by atoms with Gasteiger partial charge >= 0.3 is 0 Å². The SMILES string of the molecule is c1ccc(Nc2nccc([C@@H]3CCCN3Cc3ccc4ncccc4c3)n2)nc1. The number of hydrogen-bond donors (Lipinski definition) is 1. The fourth-order valence-corrected chi connectivity index (χ4v) is 3.98. The van der Waals surface area contributed by atoms with Crippen molar-refractivity contribution in [2.45, 2.75) is 25.4 Å². The number of fused-ring (bicyclic) bond motifs is 1. The zero-order chi connectivity index (χ0) is 19.5. The van der Waals surface area contributed by atoms with Gasteiger partial charge in [-0.2, -0.15) is 0 Å². The molecule has 0 aliphatic carbocycles. The number of likely N-dealkylation sites (tertiary alicyclic amines) is 1. The second-order valence-corrected chi connectivity index (χ2v) is 7.30. The zero-order valence-electron chi connectivity index (χ0n) is 16.1. The predicted molar refractivity (Wildman–Crippen MR) is 114 cm³/mol. The van der Waals surface area contributed by atoms with Crippen LogP contribution in [-0.4, -0.2) is 31.4 Å². The molecule has 3 aromatic heterocycles. The molecule has 6 heteroatoms. The Labute approximate surface area is 169 Å². The van der Waals surface area contributed by atoms with Crippen LogP contribution in [0.4, 0.5) is 11.8 Å². The van der Waals surface area contributed by atoms with Crippen molar-refractivity contribution in [2.75, 3.05) is 11.9 Å². The summed E-state index contributed by atoms with van der Waals surface area (Å²) in [6.07, 6.45) is 7.70. The van der Waals surface area contributed by atoms with E-state index in [0.29, 0.717) is 12.0 Å². The van der Waals surface area contributed by atoms with Crippen molar-refractivity contribution in [3.63, 3.8) is 0 Å². The van der Waals surface area contributed by atoms with E-state index in [4.69, 9.17) is 4.98 Å². The molecule has 5 rings (SSSR count). The van der Waals surface area contributed by atoms with Gasteiger partial charge in [0.15, 0.2) is 0 Å². The molecule has 0 amide bonds. The maximum atomic E-state index is 4.78. The molecule has 1 aliphatic rings. The smallest absolute Gasteiger partial charge is 0.228 e. The molecule has 29 heavy (non-hydrogen) atoms. The fraction of sp³-hybridized carbons (Fsp3) is 0.217. The molecule has 1 N–H and O–H groups in total. The number of benzene rings is 1. The van der Waals surface area contributed by atoms with Gasteiger partial charge in [-0.3, -0.25) is 9.88 Å². The van der Waals surface area contributed by atoms with Gasteiger partial charge in [0, 0.05) is 30.5 Å². The van der Waals surface area contributed by atoms with Crippen molar-refractivity contribution in [3.05, 3.63) is 84.4 Å². The van der Waals surface area contributed by atoms with Crippen LogP contribution >= 0.6 is 0 Å². The molecule has 0 spiro atoms. The van der Waals surface area contributed by atoms with Crippen LogP contribution in [-0.2, 0) is 6.54 Å². The maximum Gasteiger partial charge on any atom is 0.228 e. The summed E-state index contributed by atoms with van der Waals surface area (Å²) in [5.41, 5.74) is 3.40. The fourth-order valence-electron chi connectivity index (χ4n) is 3.98. The predicted octanol–water partition coefficient (Wildman–Crippen LogP) is 4.50. The minimum Gasteiger partial charge on any atom is -0.309 e. The summed E-state index contributed by atoms with van der Waals surface area (Å²) < 4.78 is 0. The minimum atomic E-state index is 0.298. The lowest BCUT2D eigenvalue weighted by molar-refractivity contribution is 0.244. The molecule has 0 saturated carbocycles. The summed E-state index contributed by atoms with van der Waals surface area (Å²) in [5.74, 6) is 1.34. The van der Waals surface area contributed by atoms with Crippen molar-refractivity contribution in [3.8, 4) is 0 Å². The number of anilines is 2. The first-order valence-electron chi connectivity index (χ1n) is 9.94. The topological polar surface area (TPSA) is 66.8 Å². The summed E-state index contributed by atoms with van der Waals surface area (Å²) in [4.78, 5) is 20.4. The van der Waals surface area contributed by atoms with E-state index in [1.807, 2.05) is 42.7 Å². The Bertz CT molecular complexity index is 1110. The minimum absolute atomic E-state index is 0.298. The van der Waals surface area contributed by atoms with Crippen molar-refractivity contribution in [1.82, 2.24) is 24.8 Å². The average Bonchev–Trinajstić information content (AvgIpc) is 3.23. The number of nitrogens with one attached hydrogen (secondary N) is 1. The molecule has 4 heterocycles. The summed E-state index contributed by atoms with van der Waals surface area (Å²) in [6.45, 7) is 1.98. The Kier molecular flexibility index (Phi) is 4.84. The van der Waals surface area contributed by atoms with E-state index in [2.05, 4.69) is 49.4 Å². The van der Waals surface area contributed by atoms with E-state index in [9.17, 15) is 0 Å².